The molecule has 7 heteroatoms. The number of likely N-dealkylation sites (tertiary alicyclic amines) is 1. The van der Waals surface area contributed by atoms with Gasteiger partial charge in [0.25, 0.3) is 0 Å². The summed E-state index contributed by atoms with van der Waals surface area (Å²) in [6.07, 6.45) is 4.87. The van der Waals surface area contributed by atoms with E-state index in [2.05, 4.69) is 17.1 Å². The number of aromatic hydroxyl groups is 1. The molecule has 1 aromatic rings. The zero-order chi connectivity index (χ0) is 19.8. The van der Waals surface area contributed by atoms with Gasteiger partial charge in [-0.3, -0.25) is 0 Å². The number of phenols is 1. The maximum atomic E-state index is 9.94. The smallest absolute Gasteiger partial charge is 0.194 e. The monoisotopic (exact) mass is 391 g/mol. The lowest BCUT2D eigenvalue weighted by Crippen LogP contribution is -2.47. The molecule has 2 saturated heterocycles. The van der Waals surface area contributed by atoms with Gasteiger partial charge in [-0.1, -0.05) is 6.07 Å². The summed E-state index contributed by atoms with van der Waals surface area (Å²) in [5.74, 6) is 1.53. The van der Waals surface area contributed by atoms with Crippen molar-refractivity contribution in [1.29, 1.82) is 0 Å². The number of aliphatic imine (C=N–C) groups is 1. The summed E-state index contributed by atoms with van der Waals surface area (Å²) in [5, 5.41) is 13.3. The highest BCUT2D eigenvalue weighted by molar-refractivity contribution is 5.80. The highest BCUT2D eigenvalue weighted by Crippen LogP contribution is 2.26. The van der Waals surface area contributed by atoms with E-state index in [9.17, 15) is 5.11 Å². The van der Waals surface area contributed by atoms with E-state index >= 15 is 0 Å². The van der Waals surface area contributed by atoms with Crippen LogP contribution in [0, 0.1) is 0 Å². The van der Waals surface area contributed by atoms with E-state index < -0.39 is 0 Å². The van der Waals surface area contributed by atoms with Crippen molar-refractivity contribution in [2.75, 3.05) is 40.0 Å². The van der Waals surface area contributed by atoms with Gasteiger partial charge in [-0.25, -0.2) is 4.99 Å². The molecule has 3 rings (SSSR count). The van der Waals surface area contributed by atoms with Crippen molar-refractivity contribution >= 4 is 5.96 Å². The fourth-order valence-electron chi connectivity index (χ4n) is 3.68. The Balaban J connectivity index is 1.50. The molecule has 7 nitrogen and oxygen atoms in total. The van der Waals surface area contributed by atoms with E-state index in [1.54, 1.807) is 19.2 Å². The third-order valence-corrected chi connectivity index (χ3v) is 5.27. The number of benzene rings is 1. The van der Waals surface area contributed by atoms with Crippen LogP contribution < -0.4 is 10.1 Å². The van der Waals surface area contributed by atoms with Gasteiger partial charge in [-0.05, 0) is 50.3 Å². The van der Waals surface area contributed by atoms with Crippen LogP contribution in [0.5, 0.6) is 11.5 Å². The predicted molar refractivity (Wildman–Crippen MR) is 109 cm³/mol. The molecule has 156 valence electrons. The molecule has 0 spiro atoms. The minimum absolute atomic E-state index is 0.143. The van der Waals surface area contributed by atoms with Crippen molar-refractivity contribution in [1.82, 2.24) is 10.2 Å². The molecule has 0 amide bonds. The maximum absolute atomic E-state index is 9.94. The van der Waals surface area contributed by atoms with Crippen molar-refractivity contribution in [3.63, 3.8) is 0 Å². The standard InChI is InChI=1S/C21H33N3O4/c1-3-22-21(23-14-16-6-7-20(26-2)19(25)13-16)24-10-8-17(9-11-24)28-15-18-5-4-12-27-18/h6-7,13,17-18,25H,3-5,8-12,14-15H2,1-2H3,(H,22,23). The quantitative estimate of drug-likeness (QED) is 0.550. The molecule has 2 N–H and O–H groups in total. The number of phenolic OH excluding ortho intramolecular Hbond substituents is 1. The molecule has 0 aliphatic carbocycles. The van der Waals surface area contributed by atoms with Crippen LogP contribution in [-0.4, -0.2) is 68.1 Å². The molecular formula is C21H33N3O4. The molecule has 0 saturated carbocycles. The molecule has 1 atom stereocenters. The van der Waals surface area contributed by atoms with Gasteiger partial charge in [0, 0.05) is 26.2 Å². The molecule has 0 radical (unpaired) electrons. The van der Waals surface area contributed by atoms with Crippen molar-refractivity contribution < 1.29 is 19.3 Å². The molecule has 2 fully saturated rings. The van der Waals surface area contributed by atoms with Gasteiger partial charge in [0.2, 0.25) is 0 Å². The Morgan fingerprint density at radius 3 is 2.79 bits per heavy atom. The summed E-state index contributed by atoms with van der Waals surface area (Å²) in [6, 6.07) is 5.40. The predicted octanol–water partition coefficient (Wildman–Crippen LogP) is 2.53. The number of nitrogens with zero attached hydrogens (tertiary/aromatic N) is 2. The third kappa shape index (κ3) is 5.75. The average Bonchev–Trinajstić information content (AvgIpc) is 3.24. The highest BCUT2D eigenvalue weighted by Gasteiger charge is 2.24. The van der Waals surface area contributed by atoms with Crippen LogP contribution in [0.3, 0.4) is 0 Å². The first-order valence-corrected chi connectivity index (χ1v) is 10.3. The molecule has 2 aliphatic heterocycles. The fraction of sp³-hybridized carbons (Fsp3) is 0.667. The van der Waals surface area contributed by atoms with Crippen molar-refractivity contribution in [2.24, 2.45) is 4.99 Å². The second kappa shape index (κ2) is 10.5. The van der Waals surface area contributed by atoms with E-state index in [4.69, 9.17) is 19.2 Å². The Bertz CT molecular complexity index is 639. The number of rotatable bonds is 7. The summed E-state index contributed by atoms with van der Waals surface area (Å²) in [4.78, 5) is 7.05. The first-order valence-electron chi connectivity index (χ1n) is 10.3. The summed E-state index contributed by atoms with van der Waals surface area (Å²) >= 11 is 0. The number of hydrogen-bond acceptors (Lipinski definition) is 5. The minimum atomic E-state index is 0.143. The van der Waals surface area contributed by atoms with Crippen LogP contribution >= 0.6 is 0 Å². The van der Waals surface area contributed by atoms with Crippen molar-refractivity contribution in [3.8, 4) is 11.5 Å². The fourth-order valence-corrected chi connectivity index (χ4v) is 3.68. The van der Waals surface area contributed by atoms with Gasteiger partial charge in [-0.2, -0.15) is 0 Å². The number of piperidine rings is 1. The average molecular weight is 392 g/mol. The van der Waals surface area contributed by atoms with E-state index in [1.807, 2.05) is 6.07 Å². The second-order valence-corrected chi connectivity index (χ2v) is 7.33. The molecule has 2 aliphatic rings. The maximum Gasteiger partial charge on any atom is 0.194 e. The lowest BCUT2D eigenvalue weighted by molar-refractivity contribution is -0.0367. The Labute approximate surface area is 167 Å². The van der Waals surface area contributed by atoms with Crippen molar-refractivity contribution in [3.05, 3.63) is 23.8 Å². The zero-order valence-electron chi connectivity index (χ0n) is 17.0. The molecule has 0 aromatic heterocycles. The summed E-state index contributed by atoms with van der Waals surface area (Å²) in [5.41, 5.74) is 0.948. The molecule has 1 aromatic carbocycles. The largest absolute Gasteiger partial charge is 0.504 e. The Morgan fingerprint density at radius 2 is 2.14 bits per heavy atom. The molecule has 2 heterocycles. The van der Waals surface area contributed by atoms with Gasteiger partial charge in [0.15, 0.2) is 17.5 Å². The molecule has 1 unspecified atom stereocenters. The van der Waals surface area contributed by atoms with E-state index in [-0.39, 0.29) is 11.9 Å². The molecular weight excluding hydrogens is 358 g/mol. The van der Waals surface area contributed by atoms with Crippen LogP contribution in [0.1, 0.15) is 38.2 Å². The second-order valence-electron chi connectivity index (χ2n) is 7.33. The Morgan fingerprint density at radius 1 is 1.32 bits per heavy atom. The lowest BCUT2D eigenvalue weighted by Gasteiger charge is -2.34. The molecule has 28 heavy (non-hydrogen) atoms. The lowest BCUT2D eigenvalue weighted by atomic mass is 10.1. The number of methoxy groups -OCH3 is 1. The van der Waals surface area contributed by atoms with Crippen LogP contribution in [0.2, 0.25) is 0 Å². The SMILES string of the molecule is CCNC(=NCc1ccc(OC)c(O)c1)N1CCC(OCC2CCCO2)CC1. The third-order valence-electron chi connectivity index (χ3n) is 5.27. The van der Waals surface area contributed by atoms with Gasteiger partial charge in [0.1, 0.15) is 0 Å². The van der Waals surface area contributed by atoms with E-state index in [0.717, 1.165) is 70.1 Å². The van der Waals surface area contributed by atoms with Gasteiger partial charge >= 0.3 is 0 Å². The van der Waals surface area contributed by atoms with Gasteiger partial charge in [-0.15, -0.1) is 0 Å². The number of nitrogens with one attached hydrogen (secondary N) is 1. The summed E-state index contributed by atoms with van der Waals surface area (Å²) in [6.45, 7) is 6.86. The summed E-state index contributed by atoms with van der Waals surface area (Å²) < 4.78 is 16.8. The Kier molecular flexibility index (Phi) is 7.80. The molecule has 0 bridgehead atoms. The first kappa shape index (κ1) is 20.7. The van der Waals surface area contributed by atoms with E-state index in [1.165, 1.54) is 0 Å². The van der Waals surface area contributed by atoms with Gasteiger partial charge < -0.3 is 29.5 Å². The van der Waals surface area contributed by atoms with Crippen LogP contribution in [0.25, 0.3) is 0 Å². The highest BCUT2D eigenvalue weighted by atomic mass is 16.5. The topological polar surface area (TPSA) is 75.6 Å². The number of ether oxygens (including phenoxy) is 3. The minimum Gasteiger partial charge on any atom is -0.504 e. The Hall–Kier alpha value is -1.99. The van der Waals surface area contributed by atoms with Gasteiger partial charge in [0.05, 0.1) is 32.5 Å². The number of hydrogen-bond donors (Lipinski definition) is 2. The van der Waals surface area contributed by atoms with Crippen LogP contribution in [0.15, 0.2) is 23.2 Å². The first-order chi connectivity index (χ1) is 13.7. The van der Waals surface area contributed by atoms with Crippen molar-refractivity contribution in [2.45, 2.75) is 51.4 Å². The van der Waals surface area contributed by atoms with E-state index in [0.29, 0.717) is 18.4 Å². The normalized spacial score (nSPS) is 21.1. The van der Waals surface area contributed by atoms with Crippen LogP contribution in [0.4, 0.5) is 0 Å². The zero-order valence-corrected chi connectivity index (χ0v) is 17.0. The number of guanidine groups is 1. The summed E-state index contributed by atoms with van der Waals surface area (Å²) in [7, 11) is 1.55. The van der Waals surface area contributed by atoms with Crippen LogP contribution in [-0.2, 0) is 16.0 Å².